The van der Waals surface area contributed by atoms with Crippen LogP contribution >= 0.6 is 0 Å². The summed E-state index contributed by atoms with van der Waals surface area (Å²) in [5, 5.41) is 0. The van der Waals surface area contributed by atoms with Crippen molar-refractivity contribution in [1.29, 1.82) is 0 Å². The summed E-state index contributed by atoms with van der Waals surface area (Å²) < 4.78 is 5.45. The summed E-state index contributed by atoms with van der Waals surface area (Å²) in [6.45, 7) is 5.19. The lowest BCUT2D eigenvalue weighted by Gasteiger charge is -2.05. The molecule has 0 aromatic rings. The standard InChI is InChI=1S/C42H80O2/c1-3-5-7-9-11-13-15-17-19-20-21-22-23-24-25-27-29-31-33-35-37-39-41-44-42(43)40-38-36-34-32-30-28-26-18-16-14-12-10-8-6-4-2/h17-19,26H,3-16,20-25,27-41H2,1-2H3/b19-17-,26-18-. The Morgan fingerprint density at radius 2 is 0.636 bits per heavy atom. The van der Waals surface area contributed by atoms with Crippen LogP contribution in [-0.4, -0.2) is 12.6 Å². The highest BCUT2D eigenvalue weighted by Crippen LogP contribution is 2.14. The van der Waals surface area contributed by atoms with Gasteiger partial charge in [0.05, 0.1) is 6.61 Å². The van der Waals surface area contributed by atoms with E-state index in [9.17, 15) is 4.79 Å². The van der Waals surface area contributed by atoms with E-state index in [0.717, 1.165) is 19.3 Å². The molecule has 0 atom stereocenters. The Morgan fingerprint density at radius 3 is 0.977 bits per heavy atom. The molecule has 0 aliphatic heterocycles. The second-order valence-corrected chi connectivity index (χ2v) is 13.6. The van der Waals surface area contributed by atoms with E-state index in [1.54, 1.807) is 0 Å². The highest BCUT2D eigenvalue weighted by Gasteiger charge is 2.02. The van der Waals surface area contributed by atoms with Crippen molar-refractivity contribution in [1.82, 2.24) is 0 Å². The molecule has 0 bridgehead atoms. The average Bonchev–Trinajstić information content (AvgIpc) is 3.03. The SMILES string of the molecule is CCCCCCCC/C=C\CCCCCCCCCCCCCCOC(=O)CCCCCCC/C=C\CCCCCCCC. The van der Waals surface area contributed by atoms with Gasteiger partial charge < -0.3 is 4.74 Å². The molecule has 0 heterocycles. The van der Waals surface area contributed by atoms with Crippen molar-refractivity contribution in [2.24, 2.45) is 0 Å². The summed E-state index contributed by atoms with van der Waals surface area (Å²) in [5.41, 5.74) is 0. The first kappa shape index (κ1) is 43.0. The predicted molar refractivity (Wildman–Crippen MR) is 198 cm³/mol. The molecule has 0 rings (SSSR count). The fraction of sp³-hybridized carbons (Fsp3) is 0.881. The molecule has 44 heavy (non-hydrogen) atoms. The molecule has 0 saturated heterocycles. The number of hydrogen-bond acceptors (Lipinski definition) is 2. The summed E-state index contributed by atoms with van der Waals surface area (Å²) in [5.74, 6) is 0.0163. The fourth-order valence-electron chi connectivity index (χ4n) is 6.01. The van der Waals surface area contributed by atoms with Gasteiger partial charge in [-0.25, -0.2) is 0 Å². The Balaban J connectivity index is 3.20. The molecule has 0 N–H and O–H groups in total. The minimum atomic E-state index is 0.0163. The molecule has 0 saturated carbocycles. The Labute approximate surface area is 278 Å². The Morgan fingerprint density at radius 1 is 0.364 bits per heavy atom. The summed E-state index contributed by atoms with van der Waals surface area (Å²) in [6, 6.07) is 0. The topological polar surface area (TPSA) is 26.3 Å². The van der Waals surface area contributed by atoms with E-state index in [1.807, 2.05) is 0 Å². The average molecular weight is 617 g/mol. The third-order valence-corrected chi connectivity index (χ3v) is 9.06. The number of hydrogen-bond donors (Lipinski definition) is 0. The van der Waals surface area contributed by atoms with Gasteiger partial charge in [-0.2, -0.15) is 0 Å². The van der Waals surface area contributed by atoms with E-state index in [2.05, 4.69) is 38.2 Å². The van der Waals surface area contributed by atoms with E-state index in [-0.39, 0.29) is 5.97 Å². The molecule has 0 aliphatic rings. The molecule has 0 aromatic heterocycles. The summed E-state index contributed by atoms with van der Waals surface area (Å²) >= 11 is 0. The van der Waals surface area contributed by atoms with Crippen molar-refractivity contribution in [2.75, 3.05) is 6.61 Å². The second-order valence-electron chi connectivity index (χ2n) is 13.6. The van der Waals surface area contributed by atoms with Crippen LogP contribution in [0.2, 0.25) is 0 Å². The molecule has 0 radical (unpaired) electrons. The third kappa shape index (κ3) is 39.0. The lowest BCUT2D eigenvalue weighted by Crippen LogP contribution is -2.05. The first-order valence-electron chi connectivity index (χ1n) is 20.3. The van der Waals surface area contributed by atoms with Crippen LogP contribution in [0.1, 0.15) is 232 Å². The monoisotopic (exact) mass is 617 g/mol. The van der Waals surface area contributed by atoms with Gasteiger partial charge in [0, 0.05) is 6.42 Å². The summed E-state index contributed by atoms with van der Waals surface area (Å²) in [4.78, 5) is 12.0. The molecule has 0 unspecified atom stereocenters. The van der Waals surface area contributed by atoms with Crippen LogP contribution < -0.4 is 0 Å². The van der Waals surface area contributed by atoms with Crippen LogP contribution in [0.15, 0.2) is 24.3 Å². The number of ether oxygens (including phenoxy) is 1. The molecular formula is C42H80O2. The van der Waals surface area contributed by atoms with Crippen molar-refractivity contribution in [3.63, 3.8) is 0 Å². The quantitative estimate of drug-likeness (QED) is 0.0394. The van der Waals surface area contributed by atoms with E-state index in [1.165, 1.54) is 193 Å². The lowest BCUT2D eigenvalue weighted by molar-refractivity contribution is -0.143. The zero-order valence-corrected chi connectivity index (χ0v) is 30.4. The van der Waals surface area contributed by atoms with E-state index in [4.69, 9.17) is 4.74 Å². The van der Waals surface area contributed by atoms with Crippen molar-refractivity contribution in [3.8, 4) is 0 Å². The molecule has 260 valence electrons. The van der Waals surface area contributed by atoms with E-state index in [0.29, 0.717) is 13.0 Å². The normalized spacial score (nSPS) is 11.8. The maximum Gasteiger partial charge on any atom is 0.305 e. The molecule has 0 amide bonds. The van der Waals surface area contributed by atoms with E-state index >= 15 is 0 Å². The van der Waals surface area contributed by atoms with Crippen molar-refractivity contribution >= 4 is 5.97 Å². The highest BCUT2D eigenvalue weighted by molar-refractivity contribution is 5.69. The second kappa shape index (κ2) is 40.0. The van der Waals surface area contributed by atoms with Gasteiger partial charge >= 0.3 is 5.97 Å². The van der Waals surface area contributed by atoms with Crippen LogP contribution in [0.25, 0.3) is 0 Å². The van der Waals surface area contributed by atoms with Crippen LogP contribution in [0, 0.1) is 0 Å². The maximum atomic E-state index is 12.0. The highest BCUT2D eigenvalue weighted by atomic mass is 16.5. The zero-order valence-electron chi connectivity index (χ0n) is 30.4. The van der Waals surface area contributed by atoms with Crippen LogP contribution in [0.3, 0.4) is 0 Å². The minimum Gasteiger partial charge on any atom is -0.466 e. The molecule has 0 spiro atoms. The summed E-state index contributed by atoms with van der Waals surface area (Å²) in [6.07, 6.45) is 54.0. The number of rotatable bonds is 37. The van der Waals surface area contributed by atoms with Gasteiger partial charge in [-0.3, -0.25) is 4.79 Å². The maximum absolute atomic E-state index is 12.0. The first-order valence-corrected chi connectivity index (χ1v) is 20.3. The summed E-state index contributed by atoms with van der Waals surface area (Å²) in [7, 11) is 0. The number of unbranched alkanes of at least 4 members (excludes halogenated alkanes) is 29. The van der Waals surface area contributed by atoms with Gasteiger partial charge in [-0.05, 0) is 64.2 Å². The van der Waals surface area contributed by atoms with Crippen LogP contribution in [-0.2, 0) is 9.53 Å². The fourth-order valence-corrected chi connectivity index (χ4v) is 6.01. The lowest BCUT2D eigenvalue weighted by atomic mass is 10.0. The van der Waals surface area contributed by atoms with Crippen molar-refractivity contribution < 1.29 is 9.53 Å². The molecule has 0 aromatic carbocycles. The van der Waals surface area contributed by atoms with Crippen molar-refractivity contribution in [2.45, 2.75) is 232 Å². The molecule has 2 heteroatoms. The Bertz CT molecular complexity index is 593. The van der Waals surface area contributed by atoms with Crippen LogP contribution in [0.5, 0.6) is 0 Å². The number of carbonyl (C=O) groups is 1. The Hall–Kier alpha value is -1.05. The largest absolute Gasteiger partial charge is 0.466 e. The smallest absolute Gasteiger partial charge is 0.305 e. The van der Waals surface area contributed by atoms with E-state index < -0.39 is 0 Å². The van der Waals surface area contributed by atoms with Gasteiger partial charge in [-0.15, -0.1) is 0 Å². The molecule has 0 fully saturated rings. The van der Waals surface area contributed by atoms with Gasteiger partial charge in [0.15, 0.2) is 0 Å². The Kier molecular flexibility index (Phi) is 39.0. The van der Waals surface area contributed by atoms with Gasteiger partial charge in [0.1, 0.15) is 0 Å². The third-order valence-electron chi connectivity index (χ3n) is 9.06. The zero-order chi connectivity index (χ0) is 31.9. The number of esters is 1. The first-order chi connectivity index (χ1) is 21.8. The molecular weight excluding hydrogens is 536 g/mol. The van der Waals surface area contributed by atoms with Crippen LogP contribution in [0.4, 0.5) is 0 Å². The molecule has 0 aliphatic carbocycles. The van der Waals surface area contributed by atoms with Gasteiger partial charge in [-0.1, -0.05) is 186 Å². The minimum absolute atomic E-state index is 0.0163. The van der Waals surface area contributed by atoms with Crippen molar-refractivity contribution in [3.05, 3.63) is 24.3 Å². The number of allylic oxidation sites excluding steroid dienone is 4. The molecule has 2 nitrogen and oxygen atoms in total. The predicted octanol–water partition coefficient (Wildman–Crippen LogP) is 14.9. The number of carbonyl (C=O) groups excluding carboxylic acids is 1. The van der Waals surface area contributed by atoms with Gasteiger partial charge in [0.2, 0.25) is 0 Å². The van der Waals surface area contributed by atoms with Gasteiger partial charge in [0.25, 0.3) is 0 Å².